The third-order valence-corrected chi connectivity index (χ3v) is 2.88. The van der Waals surface area contributed by atoms with E-state index in [0.717, 1.165) is 18.5 Å². The molecule has 3 nitrogen and oxygen atoms in total. The summed E-state index contributed by atoms with van der Waals surface area (Å²) in [7, 11) is 0. The van der Waals surface area contributed by atoms with Crippen molar-refractivity contribution in [1.29, 1.82) is 5.26 Å². The van der Waals surface area contributed by atoms with E-state index in [-0.39, 0.29) is 5.54 Å². The molecule has 0 aliphatic rings. The van der Waals surface area contributed by atoms with Crippen molar-refractivity contribution >= 4 is 5.69 Å². The molecule has 1 aromatic rings. The Morgan fingerprint density at radius 2 is 2.07 bits per heavy atom. The summed E-state index contributed by atoms with van der Waals surface area (Å²) in [5.74, 6) is 0. The summed E-state index contributed by atoms with van der Waals surface area (Å²) >= 11 is 0. The molecule has 0 radical (unpaired) electrons. The summed E-state index contributed by atoms with van der Waals surface area (Å²) in [4.78, 5) is 4.03. The van der Waals surface area contributed by atoms with Crippen molar-refractivity contribution in [2.45, 2.75) is 39.2 Å². The second-order valence-corrected chi connectivity index (χ2v) is 3.94. The largest absolute Gasteiger partial charge is 0.379 e. The van der Waals surface area contributed by atoms with E-state index < -0.39 is 0 Å². The molecule has 0 atom stereocenters. The first kappa shape index (κ1) is 11.5. The standard InChI is InChI=1S/C12H17N3/c1-4-12(3,5-2)15-11-7-6-10(8-13)14-9-11/h6-7,9,15H,4-5H2,1-3H3. The summed E-state index contributed by atoms with van der Waals surface area (Å²) in [6.45, 7) is 6.51. The van der Waals surface area contributed by atoms with Gasteiger partial charge in [-0.1, -0.05) is 13.8 Å². The second kappa shape index (κ2) is 4.79. The number of pyridine rings is 1. The van der Waals surface area contributed by atoms with Gasteiger partial charge in [-0.2, -0.15) is 5.26 Å². The van der Waals surface area contributed by atoms with Gasteiger partial charge in [0.05, 0.1) is 11.9 Å². The monoisotopic (exact) mass is 203 g/mol. The maximum Gasteiger partial charge on any atom is 0.140 e. The van der Waals surface area contributed by atoms with Crippen LogP contribution in [0.25, 0.3) is 0 Å². The van der Waals surface area contributed by atoms with Crippen molar-refractivity contribution in [3.63, 3.8) is 0 Å². The van der Waals surface area contributed by atoms with Crippen LogP contribution in [0.15, 0.2) is 18.3 Å². The molecule has 0 amide bonds. The average molecular weight is 203 g/mol. The third-order valence-electron chi connectivity index (χ3n) is 2.88. The molecule has 1 N–H and O–H groups in total. The number of rotatable bonds is 4. The molecule has 80 valence electrons. The van der Waals surface area contributed by atoms with E-state index in [0.29, 0.717) is 5.69 Å². The first-order valence-corrected chi connectivity index (χ1v) is 5.28. The predicted octanol–water partition coefficient (Wildman–Crippen LogP) is 2.94. The first-order valence-electron chi connectivity index (χ1n) is 5.28. The number of nitrogens with zero attached hydrogens (tertiary/aromatic N) is 2. The van der Waals surface area contributed by atoms with Crippen molar-refractivity contribution in [3.05, 3.63) is 24.0 Å². The van der Waals surface area contributed by atoms with Gasteiger partial charge in [-0.3, -0.25) is 0 Å². The zero-order chi connectivity index (χ0) is 11.3. The highest BCUT2D eigenvalue weighted by molar-refractivity contribution is 5.44. The summed E-state index contributed by atoms with van der Waals surface area (Å²) in [6.07, 6.45) is 3.83. The fourth-order valence-electron chi connectivity index (χ4n) is 1.31. The summed E-state index contributed by atoms with van der Waals surface area (Å²) in [6, 6.07) is 5.63. The van der Waals surface area contributed by atoms with Gasteiger partial charge in [-0.25, -0.2) is 4.98 Å². The van der Waals surface area contributed by atoms with E-state index in [9.17, 15) is 0 Å². The maximum absolute atomic E-state index is 8.62. The van der Waals surface area contributed by atoms with Crippen molar-refractivity contribution < 1.29 is 0 Å². The molecule has 1 heterocycles. The SMILES string of the molecule is CCC(C)(CC)Nc1ccc(C#N)nc1. The zero-order valence-corrected chi connectivity index (χ0v) is 9.54. The number of aromatic nitrogens is 1. The Hall–Kier alpha value is -1.56. The molecule has 0 saturated carbocycles. The molecule has 0 aliphatic heterocycles. The third kappa shape index (κ3) is 2.95. The Labute approximate surface area is 91.1 Å². The van der Waals surface area contributed by atoms with Crippen molar-refractivity contribution in [2.75, 3.05) is 5.32 Å². The summed E-state index contributed by atoms with van der Waals surface area (Å²) < 4.78 is 0. The van der Waals surface area contributed by atoms with Crippen LogP contribution in [-0.4, -0.2) is 10.5 Å². The number of anilines is 1. The molecule has 0 unspecified atom stereocenters. The zero-order valence-electron chi connectivity index (χ0n) is 9.54. The van der Waals surface area contributed by atoms with Gasteiger partial charge in [0.2, 0.25) is 0 Å². The van der Waals surface area contributed by atoms with Gasteiger partial charge in [0.15, 0.2) is 0 Å². The summed E-state index contributed by atoms with van der Waals surface area (Å²) in [5, 5.41) is 12.1. The van der Waals surface area contributed by atoms with Crippen LogP contribution in [0.2, 0.25) is 0 Å². The first-order chi connectivity index (χ1) is 7.13. The van der Waals surface area contributed by atoms with Crippen LogP contribution in [0.1, 0.15) is 39.3 Å². The fraction of sp³-hybridized carbons (Fsp3) is 0.500. The van der Waals surface area contributed by atoms with Crippen LogP contribution in [0.4, 0.5) is 5.69 Å². The minimum atomic E-state index is 0.107. The molecule has 0 aromatic carbocycles. The Morgan fingerprint density at radius 3 is 2.47 bits per heavy atom. The van der Waals surface area contributed by atoms with Crippen LogP contribution in [0.3, 0.4) is 0 Å². The molecule has 3 heteroatoms. The van der Waals surface area contributed by atoms with Crippen molar-refractivity contribution in [2.24, 2.45) is 0 Å². The topological polar surface area (TPSA) is 48.7 Å². The molecule has 0 saturated heterocycles. The van der Waals surface area contributed by atoms with Crippen LogP contribution in [0.5, 0.6) is 0 Å². The molecule has 0 bridgehead atoms. The maximum atomic E-state index is 8.62. The molecule has 15 heavy (non-hydrogen) atoms. The van der Waals surface area contributed by atoms with E-state index in [1.807, 2.05) is 12.1 Å². The molecule has 0 spiro atoms. The van der Waals surface area contributed by atoms with Gasteiger partial charge in [-0.15, -0.1) is 0 Å². The second-order valence-electron chi connectivity index (χ2n) is 3.94. The lowest BCUT2D eigenvalue weighted by atomic mass is 9.95. The molecule has 0 fully saturated rings. The van der Waals surface area contributed by atoms with Crippen LogP contribution >= 0.6 is 0 Å². The lowest BCUT2D eigenvalue weighted by Gasteiger charge is -2.29. The van der Waals surface area contributed by atoms with Gasteiger partial charge in [0, 0.05) is 5.54 Å². The predicted molar refractivity (Wildman–Crippen MR) is 61.6 cm³/mol. The van der Waals surface area contributed by atoms with E-state index in [2.05, 4.69) is 31.1 Å². The molecule has 1 aromatic heterocycles. The highest BCUT2D eigenvalue weighted by Crippen LogP contribution is 2.20. The van der Waals surface area contributed by atoms with E-state index in [4.69, 9.17) is 5.26 Å². The van der Waals surface area contributed by atoms with Gasteiger partial charge in [0.25, 0.3) is 0 Å². The highest BCUT2D eigenvalue weighted by Gasteiger charge is 2.18. The van der Waals surface area contributed by atoms with Gasteiger partial charge in [-0.05, 0) is 31.9 Å². The molecule has 1 rings (SSSR count). The van der Waals surface area contributed by atoms with E-state index >= 15 is 0 Å². The lowest BCUT2D eigenvalue weighted by molar-refractivity contribution is 0.478. The number of hydrogen-bond donors (Lipinski definition) is 1. The van der Waals surface area contributed by atoms with Gasteiger partial charge in [0.1, 0.15) is 11.8 Å². The minimum Gasteiger partial charge on any atom is -0.379 e. The van der Waals surface area contributed by atoms with Crippen LogP contribution < -0.4 is 5.32 Å². The molecular formula is C12H17N3. The number of nitrogens with one attached hydrogen (secondary N) is 1. The fourth-order valence-corrected chi connectivity index (χ4v) is 1.31. The molecule has 0 aliphatic carbocycles. The Bertz CT molecular complexity index is 344. The highest BCUT2D eigenvalue weighted by atomic mass is 15.0. The van der Waals surface area contributed by atoms with Gasteiger partial charge >= 0.3 is 0 Å². The lowest BCUT2D eigenvalue weighted by Crippen LogP contribution is -2.32. The Kier molecular flexibility index (Phi) is 3.68. The van der Waals surface area contributed by atoms with Gasteiger partial charge < -0.3 is 5.32 Å². The van der Waals surface area contributed by atoms with E-state index in [1.54, 1.807) is 12.3 Å². The van der Waals surface area contributed by atoms with E-state index in [1.165, 1.54) is 0 Å². The minimum absolute atomic E-state index is 0.107. The number of hydrogen-bond acceptors (Lipinski definition) is 3. The van der Waals surface area contributed by atoms with Crippen molar-refractivity contribution in [3.8, 4) is 6.07 Å². The Morgan fingerprint density at radius 1 is 1.40 bits per heavy atom. The molecular weight excluding hydrogens is 186 g/mol. The van der Waals surface area contributed by atoms with Crippen LogP contribution in [0, 0.1) is 11.3 Å². The number of nitriles is 1. The van der Waals surface area contributed by atoms with Crippen LogP contribution in [-0.2, 0) is 0 Å². The average Bonchev–Trinajstić information content (AvgIpc) is 2.30. The Balaban J connectivity index is 2.77. The summed E-state index contributed by atoms with van der Waals surface area (Å²) in [5.41, 5.74) is 1.53. The quantitative estimate of drug-likeness (QED) is 0.818. The van der Waals surface area contributed by atoms with Crippen molar-refractivity contribution in [1.82, 2.24) is 4.98 Å². The smallest absolute Gasteiger partial charge is 0.140 e. The normalized spacial score (nSPS) is 10.8.